The van der Waals surface area contributed by atoms with Crippen molar-refractivity contribution in [3.63, 3.8) is 0 Å². The summed E-state index contributed by atoms with van der Waals surface area (Å²) in [5, 5.41) is 24.5. The molecule has 12 nitrogen and oxygen atoms in total. The lowest BCUT2D eigenvalue weighted by atomic mass is 10.1. The minimum Gasteiger partial charge on any atom is -0.508 e. The number of rotatable bonds is 8. The van der Waals surface area contributed by atoms with E-state index in [4.69, 9.17) is 5.73 Å². The Morgan fingerprint density at radius 3 is 2.46 bits per heavy atom. The first kappa shape index (κ1) is 23.2. The number of carbonyl (C=O) groups excluding carboxylic acids is 1. The summed E-state index contributed by atoms with van der Waals surface area (Å²) in [5.74, 6) is -1.67. The predicted octanol–water partition coefficient (Wildman–Crippen LogP) is 1.04. The van der Waals surface area contributed by atoms with Crippen LogP contribution in [-0.2, 0) is 17.8 Å². The molecular weight excluding hydrogens is 454 g/mol. The maximum atomic E-state index is 12.6. The fourth-order valence-corrected chi connectivity index (χ4v) is 3.30. The molecular formula is C23H21N7O5. The Morgan fingerprint density at radius 1 is 1.06 bits per heavy atom. The normalized spacial score (nSPS) is 11.7. The van der Waals surface area contributed by atoms with Crippen molar-refractivity contribution < 1.29 is 19.8 Å². The smallest absolute Gasteiger partial charge is 0.326 e. The zero-order valence-corrected chi connectivity index (χ0v) is 18.2. The first-order valence-electron chi connectivity index (χ1n) is 10.5. The van der Waals surface area contributed by atoms with Crippen LogP contribution in [0.4, 0.5) is 11.6 Å². The molecule has 1 atom stereocenters. The first-order valence-corrected chi connectivity index (χ1v) is 10.5. The lowest BCUT2D eigenvalue weighted by Crippen LogP contribution is -2.42. The topological polar surface area (TPSA) is 196 Å². The molecule has 12 heteroatoms. The average Bonchev–Trinajstić information content (AvgIpc) is 2.84. The number of aliphatic carboxylic acids is 1. The number of nitrogens with two attached hydrogens (primary N) is 1. The van der Waals surface area contributed by atoms with E-state index in [1.807, 2.05) is 0 Å². The van der Waals surface area contributed by atoms with Gasteiger partial charge in [-0.1, -0.05) is 12.1 Å². The summed E-state index contributed by atoms with van der Waals surface area (Å²) in [5.41, 5.74) is 7.35. The van der Waals surface area contributed by atoms with Crippen molar-refractivity contribution in [2.45, 2.75) is 19.0 Å². The fourth-order valence-electron chi connectivity index (χ4n) is 3.30. The summed E-state index contributed by atoms with van der Waals surface area (Å²) in [4.78, 5) is 50.8. The molecule has 0 aliphatic carbocycles. The third-order valence-corrected chi connectivity index (χ3v) is 5.09. The van der Waals surface area contributed by atoms with Gasteiger partial charge in [-0.2, -0.15) is 4.98 Å². The number of phenolic OH excluding ortho intramolecular Hbond substituents is 1. The van der Waals surface area contributed by atoms with E-state index in [1.54, 1.807) is 36.4 Å². The Bertz CT molecular complexity index is 1440. The lowest BCUT2D eigenvalue weighted by Gasteiger charge is -2.15. The number of anilines is 2. The van der Waals surface area contributed by atoms with Gasteiger partial charge in [-0.05, 0) is 42.0 Å². The fraction of sp³-hybridized carbons (Fsp3) is 0.130. The number of carbonyl (C=O) groups is 2. The largest absolute Gasteiger partial charge is 0.508 e. The summed E-state index contributed by atoms with van der Waals surface area (Å²) < 4.78 is 0. The number of carboxylic acids is 1. The molecule has 0 saturated carbocycles. The van der Waals surface area contributed by atoms with Crippen LogP contribution in [0.3, 0.4) is 0 Å². The van der Waals surface area contributed by atoms with Crippen molar-refractivity contribution in [1.29, 1.82) is 0 Å². The summed E-state index contributed by atoms with van der Waals surface area (Å²) in [6.07, 6.45) is 1.54. The number of nitrogens with zero attached hydrogens (tertiary/aromatic N) is 3. The molecule has 0 saturated heterocycles. The predicted molar refractivity (Wildman–Crippen MR) is 127 cm³/mol. The minimum atomic E-state index is -1.17. The van der Waals surface area contributed by atoms with Crippen molar-refractivity contribution in [1.82, 2.24) is 25.3 Å². The number of hydrogen-bond donors (Lipinski definition) is 6. The van der Waals surface area contributed by atoms with E-state index in [1.165, 1.54) is 18.3 Å². The number of amides is 1. The molecule has 178 valence electrons. The van der Waals surface area contributed by atoms with E-state index in [-0.39, 0.29) is 41.4 Å². The number of aromatic hydroxyl groups is 1. The molecule has 0 fully saturated rings. The molecule has 35 heavy (non-hydrogen) atoms. The zero-order valence-electron chi connectivity index (χ0n) is 18.2. The molecule has 7 N–H and O–H groups in total. The van der Waals surface area contributed by atoms with E-state index in [9.17, 15) is 24.6 Å². The summed E-state index contributed by atoms with van der Waals surface area (Å²) in [6.45, 7) is 0.256. The van der Waals surface area contributed by atoms with Gasteiger partial charge in [0.25, 0.3) is 11.5 Å². The Hall–Kier alpha value is -5.00. The second kappa shape index (κ2) is 9.87. The van der Waals surface area contributed by atoms with E-state index < -0.39 is 23.5 Å². The van der Waals surface area contributed by atoms with Crippen LogP contribution in [0, 0.1) is 0 Å². The van der Waals surface area contributed by atoms with Crippen LogP contribution in [0.1, 0.15) is 21.6 Å². The number of benzene rings is 2. The number of carboxylic acid groups (broad SMARTS) is 1. The SMILES string of the molecule is Nc1nc2ncc(CNc3ccc(C(=O)N[C@@H](Cc4ccc(O)cc4)C(=O)O)cc3)nc2c(=O)[nH]1. The molecule has 0 spiro atoms. The monoisotopic (exact) mass is 475 g/mol. The molecule has 0 aliphatic heterocycles. The quantitative estimate of drug-likeness (QED) is 0.214. The zero-order chi connectivity index (χ0) is 24.9. The van der Waals surface area contributed by atoms with Gasteiger partial charge in [0.1, 0.15) is 11.8 Å². The van der Waals surface area contributed by atoms with Crippen LogP contribution < -0.4 is 21.9 Å². The van der Waals surface area contributed by atoms with E-state index in [2.05, 4.69) is 30.6 Å². The Labute approximate surface area is 197 Å². The standard InChI is InChI=1S/C23H21N7O5/c24-23-29-19-18(21(33)30-23)27-15(11-26-19)10-25-14-5-3-13(4-6-14)20(32)28-17(22(34)35)9-12-1-7-16(31)8-2-12/h1-8,11,17,25,31H,9-10H2,(H,28,32)(H,34,35)(H3,24,26,29,30,33)/t17-/m0/s1. The van der Waals surface area contributed by atoms with Gasteiger partial charge in [-0.3, -0.25) is 14.6 Å². The number of aromatic nitrogens is 4. The van der Waals surface area contributed by atoms with E-state index in [0.29, 0.717) is 16.9 Å². The second-order valence-electron chi connectivity index (χ2n) is 7.65. The van der Waals surface area contributed by atoms with E-state index in [0.717, 1.165) is 0 Å². The van der Waals surface area contributed by atoms with Crippen LogP contribution in [0.5, 0.6) is 5.75 Å². The number of fused-ring (bicyclic) bond motifs is 1. The summed E-state index contributed by atoms with van der Waals surface area (Å²) in [7, 11) is 0. The molecule has 0 aliphatic rings. The van der Waals surface area contributed by atoms with Gasteiger partial charge in [-0.15, -0.1) is 0 Å². The molecule has 0 radical (unpaired) electrons. The van der Waals surface area contributed by atoms with Crippen molar-refractivity contribution in [2.24, 2.45) is 0 Å². The summed E-state index contributed by atoms with van der Waals surface area (Å²) >= 11 is 0. The highest BCUT2D eigenvalue weighted by molar-refractivity contribution is 5.96. The molecule has 2 aromatic carbocycles. The molecule has 4 aromatic rings. The molecule has 2 aromatic heterocycles. The third kappa shape index (κ3) is 5.68. The maximum Gasteiger partial charge on any atom is 0.326 e. The van der Waals surface area contributed by atoms with Crippen molar-refractivity contribution >= 4 is 34.7 Å². The molecule has 2 heterocycles. The van der Waals surface area contributed by atoms with Gasteiger partial charge >= 0.3 is 5.97 Å². The molecule has 0 bridgehead atoms. The van der Waals surface area contributed by atoms with Gasteiger partial charge in [0.05, 0.1) is 18.4 Å². The van der Waals surface area contributed by atoms with Crippen LogP contribution in [0.25, 0.3) is 11.2 Å². The molecule has 0 unspecified atom stereocenters. The van der Waals surface area contributed by atoms with Gasteiger partial charge in [0.15, 0.2) is 11.2 Å². The van der Waals surface area contributed by atoms with Crippen LogP contribution in [0.15, 0.2) is 59.5 Å². The number of nitrogens with one attached hydrogen (secondary N) is 3. The number of aromatic amines is 1. The minimum absolute atomic E-state index is 0.0400. The Kier molecular flexibility index (Phi) is 6.53. The van der Waals surface area contributed by atoms with Gasteiger partial charge in [0.2, 0.25) is 5.95 Å². The number of nitrogen functional groups attached to an aromatic ring is 1. The second-order valence-corrected chi connectivity index (χ2v) is 7.65. The van der Waals surface area contributed by atoms with Gasteiger partial charge < -0.3 is 26.6 Å². The highest BCUT2D eigenvalue weighted by Gasteiger charge is 2.21. The Morgan fingerprint density at radius 2 is 1.77 bits per heavy atom. The highest BCUT2D eigenvalue weighted by Crippen LogP contribution is 2.14. The third-order valence-electron chi connectivity index (χ3n) is 5.09. The van der Waals surface area contributed by atoms with Crippen molar-refractivity contribution in [2.75, 3.05) is 11.1 Å². The first-order chi connectivity index (χ1) is 16.8. The Balaban J connectivity index is 1.38. The van der Waals surface area contributed by atoms with Crippen LogP contribution in [0.2, 0.25) is 0 Å². The average molecular weight is 475 g/mol. The summed E-state index contributed by atoms with van der Waals surface area (Å²) in [6, 6.07) is 11.4. The van der Waals surface area contributed by atoms with Crippen LogP contribution in [-0.4, -0.2) is 48.1 Å². The number of hydrogen-bond acceptors (Lipinski definition) is 9. The van der Waals surface area contributed by atoms with E-state index >= 15 is 0 Å². The lowest BCUT2D eigenvalue weighted by molar-refractivity contribution is -0.139. The van der Waals surface area contributed by atoms with Crippen molar-refractivity contribution in [3.8, 4) is 5.75 Å². The molecule has 4 rings (SSSR count). The highest BCUT2D eigenvalue weighted by atomic mass is 16.4. The van der Waals surface area contributed by atoms with Gasteiger partial charge in [0, 0.05) is 17.7 Å². The number of phenols is 1. The molecule has 1 amide bonds. The van der Waals surface area contributed by atoms with Crippen LogP contribution >= 0.6 is 0 Å². The maximum absolute atomic E-state index is 12.6. The van der Waals surface area contributed by atoms with Gasteiger partial charge in [-0.25, -0.2) is 14.8 Å². The van der Waals surface area contributed by atoms with Crippen molar-refractivity contribution in [3.05, 3.63) is 81.9 Å². The number of H-pyrrole nitrogens is 1.